The van der Waals surface area contributed by atoms with Gasteiger partial charge in [-0.3, -0.25) is 9.59 Å². The standard InChI is InChI=1S/C34H44N4O5S/c1-7-12-34(13-14-34)44(41,42)38-21-23(3)31-28(32(39)35-20-29-22(2)17-24(4)36-33(29)40)18-26(19-30(31)38)25-8-10-27(11-9-25)43-16-15-37(5)6/h7-11,18-19,21-22,24,29H,1,12-17,20H2,2-6H3,(H,35,39)(H,36,40). The van der Waals surface area contributed by atoms with Crippen LogP contribution in [0.3, 0.4) is 0 Å². The number of carbonyl (C=O) groups excluding carboxylic acids is 2. The molecule has 3 aromatic rings. The molecule has 44 heavy (non-hydrogen) atoms. The quantitative estimate of drug-likeness (QED) is 0.283. The minimum absolute atomic E-state index is 0.0614. The zero-order chi connectivity index (χ0) is 31.8. The van der Waals surface area contributed by atoms with Gasteiger partial charge in [-0.25, -0.2) is 12.4 Å². The molecule has 236 valence electrons. The summed E-state index contributed by atoms with van der Waals surface area (Å²) < 4.78 is 34.4. The van der Waals surface area contributed by atoms with E-state index in [1.165, 1.54) is 3.97 Å². The molecule has 10 heteroatoms. The molecule has 0 spiro atoms. The lowest BCUT2D eigenvalue weighted by molar-refractivity contribution is -0.129. The summed E-state index contributed by atoms with van der Waals surface area (Å²) in [5, 5.41) is 6.57. The van der Waals surface area contributed by atoms with E-state index >= 15 is 0 Å². The van der Waals surface area contributed by atoms with E-state index in [2.05, 4.69) is 17.2 Å². The fourth-order valence-electron chi connectivity index (χ4n) is 6.32. The second kappa shape index (κ2) is 12.4. The van der Waals surface area contributed by atoms with Crippen LogP contribution in [0, 0.1) is 18.8 Å². The first-order valence-corrected chi connectivity index (χ1v) is 16.8. The minimum atomic E-state index is -3.77. The molecule has 3 unspecified atom stereocenters. The molecular formula is C34H44N4O5S. The predicted molar refractivity (Wildman–Crippen MR) is 174 cm³/mol. The number of nitrogens with zero attached hydrogens (tertiary/aromatic N) is 2. The summed E-state index contributed by atoms with van der Waals surface area (Å²) in [5.74, 6) is 0.106. The van der Waals surface area contributed by atoms with Gasteiger partial charge in [0, 0.05) is 36.3 Å². The number of fused-ring (bicyclic) bond motifs is 1. The highest BCUT2D eigenvalue weighted by Crippen LogP contribution is 2.49. The van der Waals surface area contributed by atoms with Crippen molar-refractivity contribution in [1.29, 1.82) is 0 Å². The summed E-state index contributed by atoms with van der Waals surface area (Å²) in [6.45, 7) is 11.2. The van der Waals surface area contributed by atoms with E-state index in [1.54, 1.807) is 12.3 Å². The van der Waals surface area contributed by atoms with Crippen LogP contribution in [0.2, 0.25) is 0 Å². The number of rotatable bonds is 12. The Morgan fingerprint density at radius 1 is 1.18 bits per heavy atom. The maximum atomic E-state index is 14.0. The Bertz CT molecular complexity index is 1670. The Kier molecular flexibility index (Phi) is 8.96. The molecule has 1 aliphatic carbocycles. The average Bonchev–Trinajstić information content (AvgIpc) is 3.68. The van der Waals surface area contributed by atoms with Crippen molar-refractivity contribution in [2.24, 2.45) is 11.8 Å². The zero-order valence-electron chi connectivity index (χ0n) is 26.4. The molecule has 2 aromatic carbocycles. The van der Waals surface area contributed by atoms with E-state index in [0.29, 0.717) is 53.5 Å². The Hall–Kier alpha value is -3.63. The number of piperidine rings is 1. The largest absolute Gasteiger partial charge is 0.492 e. The average molecular weight is 621 g/mol. The normalized spacial score (nSPS) is 21.2. The van der Waals surface area contributed by atoms with Gasteiger partial charge in [0.1, 0.15) is 12.4 Å². The van der Waals surface area contributed by atoms with E-state index in [1.807, 2.05) is 76.2 Å². The first-order valence-electron chi connectivity index (χ1n) is 15.3. The second-order valence-corrected chi connectivity index (χ2v) is 15.0. The number of benzene rings is 2. The Labute approximate surface area is 260 Å². The van der Waals surface area contributed by atoms with Crippen LogP contribution in [0.5, 0.6) is 5.75 Å². The maximum Gasteiger partial charge on any atom is 0.252 e. The molecule has 2 heterocycles. The molecule has 0 bridgehead atoms. The molecule has 2 aliphatic rings. The summed E-state index contributed by atoms with van der Waals surface area (Å²) in [6, 6.07) is 11.3. The molecule has 2 amide bonds. The molecule has 5 rings (SSSR count). The maximum absolute atomic E-state index is 14.0. The third kappa shape index (κ3) is 6.15. The first kappa shape index (κ1) is 31.8. The van der Waals surface area contributed by atoms with Gasteiger partial charge in [0.2, 0.25) is 15.9 Å². The number of nitrogens with one attached hydrogen (secondary N) is 2. The fraction of sp³-hybridized carbons (Fsp3) is 0.471. The summed E-state index contributed by atoms with van der Waals surface area (Å²) in [5.41, 5.74) is 3.07. The van der Waals surface area contributed by atoms with Crippen molar-refractivity contribution in [3.63, 3.8) is 0 Å². The lowest BCUT2D eigenvalue weighted by atomic mass is 9.84. The van der Waals surface area contributed by atoms with Gasteiger partial charge in [0.15, 0.2) is 0 Å². The minimum Gasteiger partial charge on any atom is -0.492 e. The van der Waals surface area contributed by atoms with Gasteiger partial charge in [-0.05, 0) is 100 Å². The van der Waals surface area contributed by atoms with Gasteiger partial charge in [0.25, 0.3) is 5.91 Å². The number of hydrogen-bond acceptors (Lipinski definition) is 6. The summed E-state index contributed by atoms with van der Waals surface area (Å²) in [4.78, 5) is 28.6. The molecule has 2 N–H and O–H groups in total. The van der Waals surface area contributed by atoms with Crippen molar-refractivity contribution < 1.29 is 22.7 Å². The van der Waals surface area contributed by atoms with E-state index in [-0.39, 0.29) is 36.2 Å². The molecule has 0 radical (unpaired) electrons. The van der Waals surface area contributed by atoms with Crippen molar-refractivity contribution in [2.75, 3.05) is 33.8 Å². The van der Waals surface area contributed by atoms with Crippen LogP contribution in [0.15, 0.2) is 55.3 Å². The SMILES string of the molecule is C=CCC1(S(=O)(=O)n2cc(C)c3c(C(=O)NCC4C(=O)NC(C)CC4C)cc(-c4ccc(OCCN(C)C)cc4)cc32)CC1. The van der Waals surface area contributed by atoms with Crippen molar-refractivity contribution in [1.82, 2.24) is 19.5 Å². The number of likely N-dealkylation sites (N-methyl/N-ethyl adjacent to an activating group) is 1. The highest BCUT2D eigenvalue weighted by molar-refractivity contribution is 7.91. The molecule has 1 saturated heterocycles. The van der Waals surface area contributed by atoms with Crippen molar-refractivity contribution in [3.8, 4) is 16.9 Å². The van der Waals surface area contributed by atoms with Gasteiger partial charge in [0.05, 0.1) is 16.2 Å². The number of hydrogen-bond donors (Lipinski definition) is 2. The van der Waals surface area contributed by atoms with E-state index < -0.39 is 14.8 Å². The molecular weight excluding hydrogens is 576 g/mol. The molecule has 2 fully saturated rings. The summed E-state index contributed by atoms with van der Waals surface area (Å²) in [6.07, 6.45) is 5.65. The smallest absolute Gasteiger partial charge is 0.252 e. The molecule has 1 saturated carbocycles. The van der Waals surface area contributed by atoms with Crippen molar-refractivity contribution in [2.45, 2.75) is 57.2 Å². The third-order valence-electron chi connectivity index (χ3n) is 9.05. The molecule has 9 nitrogen and oxygen atoms in total. The number of allylic oxidation sites excluding steroid dienone is 1. The van der Waals surface area contributed by atoms with Crippen LogP contribution in [0.4, 0.5) is 0 Å². The van der Waals surface area contributed by atoms with Crippen LogP contribution in [-0.4, -0.2) is 73.7 Å². The van der Waals surface area contributed by atoms with Crippen LogP contribution in [0.25, 0.3) is 22.0 Å². The number of aryl methyl sites for hydroxylation is 1. The van der Waals surface area contributed by atoms with Gasteiger partial charge in [-0.2, -0.15) is 0 Å². The third-order valence-corrected chi connectivity index (χ3v) is 11.5. The Morgan fingerprint density at radius 3 is 2.50 bits per heavy atom. The van der Waals surface area contributed by atoms with E-state index in [4.69, 9.17) is 4.74 Å². The van der Waals surface area contributed by atoms with Crippen LogP contribution in [-0.2, 0) is 14.8 Å². The number of ether oxygens (including phenoxy) is 1. The topological polar surface area (TPSA) is 110 Å². The number of amides is 2. The van der Waals surface area contributed by atoms with Crippen molar-refractivity contribution >= 4 is 32.7 Å². The lowest BCUT2D eigenvalue weighted by Gasteiger charge is -2.32. The molecule has 1 aromatic heterocycles. The molecule has 1 aliphatic heterocycles. The lowest BCUT2D eigenvalue weighted by Crippen LogP contribution is -2.50. The van der Waals surface area contributed by atoms with Gasteiger partial charge in [-0.1, -0.05) is 25.1 Å². The fourth-order valence-corrected chi connectivity index (χ4v) is 8.38. The monoisotopic (exact) mass is 620 g/mol. The molecule has 3 atom stereocenters. The van der Waals surface area contributed by atoms with Crippen LogP contribution >= 0.6 is 0 Å². The zero-order valence-corrected chi connectivity index (χ0v) is 27.2. The Balaban J connectivity index is 1.54. The number of aromatic nitrogens is 1. The van der Waals surface area contributed by atoms with Gasteiger partial charge < -0.3 is 20.3 Å². The van der Waals surface area contributed by atoms with Gasteiger partial charge in [-0.15, -0.1) is 6.58 Å². The van der Waals surface area contributed by atoms with E-state index in [9.17, 15) is 18.0 Å². The Morgan fingerprint density at radius 2 is 1.89 bits per heavy atom. The highest BCUT2D eigenvalue weighted by Gasteiger charge is 2.54. The summed E-state index contributed by atoms with van der Waals surface area (Å²) in [7, 11) is 0.202. The van der Waals surface area contributed by atoms with Crippen molar-refractivity contribution in [3.05, 3.63) is 66.4 Å². The summed E-state index contributed by atoms with van der Waals surface area (Å²) >= 11 is 0. The van der Waals surface area contributed by atoms with Crippen LogP contribution in [0.1, 0.15) is 55.5 Å². The highest BCUT2D eigenvalue weighted by atomic mass is 32.2. The van der Waals surface area contributed by atoms with Crippen LogP contribution < -0.4 is 15.4 Å². The second-order valence-electron chi connectivity index (χ2n) is 12.8. The van der Waals surface area contributed by atoms with Gasteiger partial charge >= 0.3 is 0 Å². The van der Waals surface area contributed by atoms with E-state index in [0.717, 1.165) is 24.3 Å². The predicted octanol–water partition coefficient (Wildman–Crippen LogP) is 4.73. The first-order chi connectivity index (χ1) is 20.9. The number of carbonyl (C=O) groups is 2.